The predicted octanol–water partition coefficient (Wildman–Crippen LogP) is 2.58. The molecule has 1 aliphatic rings. The topological polar surface area (TPSA) is 61.6 Å². The van der Waals surface area contributed by atoms with Crippen LogP contribution in [0.1, 0.15) is 42.3 Å². The molecule has 1 fully saturated rings. The van der Waals surface area contributed by atoms with Crippen LogP contribution in [-0.4, -0.2) is 60.1 Å². The van der Waals surface area contributed by atoms with Crippen molar-refractivity contribution in [2.75, 3.05) is 39.3 Å². The van der Waals surface area contributed by atoms with Gasteiger partial charge in [-0.25, -0.2) is 0 Å². The van der Waals surface area contributed by atoms with E-state index in [2.05, 4.69) is 58.4 Å². The van der Waals surface area contributed by atoms with Crippen LogP contribution >= 0.6 is 0 Å². The molecule has 1 aliphatic heterocycles. The fourth-order valence-corrected chi connectivity index (χ4v) is 3.50. The van der Waals surface area contributed by atoms with Crippen LogP contribution in [0.15, 0.2) is 34.9 Å². The van der Waals surface area contributed by atoms with Crippen LogP contribution in [0.25, 0.3) is 0 Å². The fourth-order valence-electron chi connectivity index (χ4n) is 3.50. The first-order valence-electron chi connectivity index (χ1n) is 10.2. The summed E-state index contributed by atoms with van der Waals surface area (Å²) in [5, 5.41) is 7.11. The molecule has 0 radical (unpaired) electrons. The number of amides is 1. The molecule has 1 aromatic carbocycles. The van der Waals surface area contributed by atoms with Gasteiger partial charge < -0.3 is 9.84 Å². The number of rotatable bonds is 8. The second-order valence-corrected chi connectivity index (χ2v) is 7.98. The van der Waals surface area contributed by atoms with Crippen molar-refractivity contribution in [1.29, 1.82) is 0 Å². The maximum atomic E-state index is 12.2. The van der Waals surface area contributed by atoms with E-state index in [1.807, 2.05) is 13.0 Å². The molecule has 28 heavy (non-hydrogen) atoms. The SMILES string of the molecule is Cc1cc(CN2CCN(CC(=O)NCCc3ccc(C(C)C)cc3)CC2)no1. The lowest BCUT2D eigenvalue weighted by Crippen LogP contribution is -2.49. The number of nitrogens with one attached hydrogen (secondary N) is 1. The Labute approximate surface area is 167 Å². The minimum atomic E-state index is 0.111. The van der Waals surface area contributed by atoms with Crippen molar-refractivity contribution >= 4 is 5.91 Å². The van der Waals surface area contributed by atoms with Crippen LogP contribution in [0, 0.1) is 6.92 Å². The third-order valence-electron chi connectivity index (χ3n) is 5.28. The molecule has 2 aromatic rings. The van der Waals surface area contributed by atoms with Crippen LogP contribution in [0.4, 0.5) is 0 Å². The number of benzene rings is 1. The standard InChI is InChI=1S/C22H32N4O2/c1-17(2)20-6-4-19(5-7-20)8-9-23-22(27)16-26-12-10-25(11-13-26)15-21-14-18(3)28-24-21/h4-7,14,17H,8-13,15-16H2,1-3H3,(H,23,27). The van der Waals surface area contributed by atoms with Gasteiger partial charge in [0.1, 0.15) is 5.76 Å². The van der Waals surface area contributed by atoms with Crippen molar-refractivity contribution in [3.8, 4) is 0 Å². The summed E-state index contributed by atoms with van der Waals surface area (Å²) in [7, 11) is 0. The first-order chi connectivity index (χ1) is 13.5. The zero-order chi connectivity index (χ0) is 19.9. The van der Waals surface area contributed by atoms with Gasteiger partial charge in [-0.2, -0.15) is 0 Å². The summed E-state index contributed by atoms with van der Waals surface area (Å²) < 4.78 is 5.13. The van der Waals surface area contributed by atoms with Crippen LogP contribution in [0.5, 0.6) is 0 Å². The van der Waals surface area contributed by atoms with Gasteiger partial charge in [0.2, 0.25) is 5.91 Å². The molecule has 1 saturated heterocycles. The zero-order valence-corrected chi connectivity index (χ0v) is 17.3. The number of aryl methyl sites for hydroxylation is 1. The second-order valence-electron chi connectivity index (χ2n) is 7.98. The number of carbonyl (C=O) groups excluding carboxylic acids is 1. The molecular weight excluding hydrogens is 352 g/mol. The summed E-state index contributed by atoms with van der Waals surface area (Å²) in [5.41, 5.74) is 3.59. The Morgan fingerprint density at radius 3 is 2.43 bits per heavy atom. The van der Waals surface area contributed by atoms with Crippen LogP contribution in [-0.2, 0) is 17.8 Å². The summed E-state index contributed by atoms with van der Waals surface area (Å²) in [6, 6.07) is 10.7. The molecule has 6 heteroatoms. The van der Waals surface area contributed by atoms with Crippen molar-refractivity contribution in [1.82, 2.24) is 20.3 Å². The minimum Gasteiger partial charge on any atom is -0.361 e. The molecule has 0 saturated carbocycles. The normalized spacial score (nSPS) is 15.9. The van der Waals surface area contributed by atoms with E-state index < -0.39 is 0 Å². The van der Waals surface area contributed by atoms with Crippen LogP contribution in [0.3, 0.4) is 0 Å². The molecule has 0 aliphatic carbocycles. The Balaban J connectivity index is 1.32. The number of nitrogens with zero attached hydrogens (tertiary/aromatic N) is 3. The Hall–Kier alpha value is -2.18. The van der Waals surface area contributed by atoms with E-state index in [0.29, 0.717) is 19.0 Å². The molecule has 3 rings (SSSR count). The van der Waals surface area contributed by atoms with E-state index in [1.54, 1.807) is 0 Å². The van der Waals surface area contributed by atoms with Crippen LogP contribution in [0.2, 0.25) is 0 Å². The van der Waals surface area contributed by atoms with Crippen molar-refractivity contribution in [3.05, 3.63) is 52.9 Å². The van der Waals surface area contributed by atoms with Crippen molar-refractivity contribution in [3.63, 3.8) is 0 Å². The first kappa shape index (κ1) is 20.6. The van der Waals surface area contributed by atoms with Gasteiger partial charge in [-0.05, 0) is 30.4 Å². The summed E-state index contributed by atoms with van der Waals surface area (Å²) in [6.45, 7) is 12.0. The largest absolute Gasteiger partial charge is 0.361 e. The third-order valence-corrected chi connectivity index (χ3v) is 5.28. The van der Waals surface area contributed by atoms with E-state index in [9.17, 15) is 4.79 Å². The second kappa shape index (κ2) is 9.85. The van der Waals surface area contributed by atoms with E-state index >= 15 is 0 Å². The number of hydrogen-bond acceptors (Lipinski definition) is 5. The molecule has 0 unspecified atom stereocenters. The highest BCUT2D eigenvalue weighted by molar-refractivity contribution is 5.78. The van der Waals surface area contributed by atoms with Gasteiger partial charge in [-0.3, -0.25) is 14.6 Å². The summed E-state index contributed by atoms with van der Waals surface area (Å²) in [6.07, 6.45) is 0.870. The van der Waals surface area contributed by atoms with Gasteiger partial charge in [0, 0.05) is 45.3 Å². The Morgan fingerprint density at radius 1 is 1.14 bits per heavy atom. The van der Waals surface area contributed by atoms with E-state index in [-0.39, 0.29) is 5.91 Å². The highest BCUT2D eigenvalue weighted by Crippen LogP contribution is 2.14. The number of aromatic nitrogens is 1. The van der Waals surface area contributed by atoms with Gasteiger partial charge in [0.25, 0.3) is 0 Å². The zero-order valence-electron chi connectivity index (χ0n) is 17.3. The molecule has 152 valence electrons. The predicted molar refractivity (Wildman–Crippen MR) is 110 cm³/mol. The van der Waals surface area contributed by atoms with Gasteiger partial charge in [0.05, 0.1) is 12.2 Å². The summed E-state index contributed by atoms with van der Waals surface area (Å²) in [5.74, 6) is 1.51. The Kier molecular flexibility index (Phi) is 7.23. The van der Waals surface area contributed by atoms with Crippen molar-refractivity contribution < 1.29 is 9.32 Å². The van der Waals surface area contributed by atoms with Gasteiger partial charge in [-0.1, -0.05) is 43.3 Å². The van der Waals surface area contributed by atoms with E-state index in [1.165, 1.54) is 11.1 Å². The average molecular weight is 385 g/mol. The first-order valence-corrected chi connectivity index (χ1v) is 10.2. The lowest BCUT2D eigenvalue weighted by Gasteiger charge is -2.33. The number of hydrogen-bond donors (Lipinski definition) is 1. The number of carbonyl (C=O) groups is 1. The molecule has 2 heterocycles. The maximum Gasteiger partial charge on any atom is 0.234 e. The lowest BCUT2D eigenvalue weighted by molar-refractivity contribution is -0.122. The molecule has 1 aromatic heterocycles. The maximum absolute atomic E-state index is 12.2. The molecule has 0 atom stereocenters. The highest BCUT2D eigenvalue weighted by atomic mass is 16.5. The molecule has 0 spiro atoms. The molecule has 6 nitrogen and oxygen atoms in total. The highest BCUT2D eigenvalue weighted by Gasteiger charge is 2.19. The smallest absolute Gasteiger partial charge is 0.234 e. The minimum absolute atomic E-state index is 0.111. The van der Waals surface area contributed by atoms with Gasteiger partial charge >= 0.3 is 0 Å². The molecule has 0 bridgehead atoms. The average Bonchev–Trinajstić information content (AvgIpc) is 3.08. The van der Waals surface area contributed by atoms with Crippen LogP contribution < -0.4 is 5.32 Å². The summed E-state index contributed by atoms with van der Waals surface area (Å²) in [4.78, 5) is 16.8. The lowest BCUT2D eigenvalue weighted by atomic mass is 10.0. The summed E-state index contributed by atoms with van der Waals surface area (Å²) >= 11 is 0. The molecular formula is C22H32N4O2. The van der Waals surface area contributed by atoms with Gasteiger partial charge in [-0.15, -0.1) is 0 Å². The van der Waals surface area contributed by atoms with Crippen molar-refractivity contribution in [2.45, 2.75) is 39.7 Å². The third kappa shape index (κ3) is 6.17. The van der Waals surface area contributed by atoms with E-state index in [4.69, 9.17) is 4.52 Å². The van der Waals surface area contributed by atoms with Crippen molar-refractivity contribution in [2.24, 2.45) is 0 Å². The van der Waals surface area contributed by atoms with E-state index in [0.717, 1.165) is 50.6 Å². The molecule has 1 amide bonds. The monoisotopic (exact) mass is 384 g/mol. The Morgan fingerprint density at radius 2 is 1.82 bits per heavy atom. The Bertz CT molecular complexity index is 746. The fraction of sp³-hybridized carbons (Fsp3) is 0.545. The molecule has 1 N–H and O–H groups in total. The quantitative estimate of drug-likeness (QED) is 0.758. The number of piperazine rings is 1. The van der Waals surface area contributed by atoms with Gasteiger partial charge in [0.15, 0.2) is 0 Å².